The van der Waals surface area contributed by atoms with Crippen molar-refractivity contribution in [2.45, 2.75) is 26.2 Å². The van der Waals surface area contributed by atoms with Crippen molar-refractivity contribution in [2.24, 2.45) is 7.05 Å². The molecule has 1 N–H and O–H groups in total. The molecule has 1 aliphatic rings. The fourth-order valence-corrected chi connectivity index (χ4v) is 4.68. The van der Waals surface area contributed by atoms with E-state index in [2.05, 4.69) is 15.3 Å². The maximum atomic E-state index is 12.9. The number of ether oxygens (including phenoxy) is 1. The van der Waals surface area contributed by atoms with Gasteiger partial charge in [-0.05, 0) is 56.5 Å². The molecule has 36 heavy (non-hydrogen) atoms. The van der Waals surface area contributed by atoms with Crippen molar-refractivity contribution in [2.75, 3.05) is 29.9 Å². The molecule has 0 unspecified atom stereocenters. The molecule has 1 aliphatic heterocycles. The van der Waals surface area contributed by atoms with E-state index in [1.807, 2.05) is 73.7 Å². The number of hydrogen-bond donors (Lipinski definition) is 1. The fourth-order valence-electron chi connectivity index (χ4n) is 4.68. The smallest absolute Gasteiger partial charge is 0.274 e. The van der Waals surface area contributed by atoms with Crippen LogP contribution in [0, 0.1) is 6.92 Å². The molecule has 0 atom stereocenters. The van der Waals surface area contributed by atoms with Crippen molar-refractivity contribution in [3.63, 3.8) is 0 Å². The molecule has 1 fully saturated rings. The molecule has 0 saturated carbocycles. The Labute approximate surface area is 210 Å². The average molecular weight is 483 g/mol. The van der Waals surface area contributed by atoms with Crippen LogP contribution in [0.1, 0.15) is 24.8 Å². The van der Waals surface area contributed by atoms with Gasteiger partial charge >= 0.3 is 0 Å². The summed E-state index contributed by atoms with van der Waals surface area (Å²) in [7, 11) is 1.66. The Morgan fingerprint density at radius 3 is 2.44 bits per heavy atom. The molecule has 7 nitrogen and oxygen atoms in total. The molecule has 2 heterocycles. The highest BCUT2D eigenvalue weighted by molar-refractivity contribution is 5.99. The molecule has 184 valence electrons. The highest BCUT2D eigenvalue weighted by Crippen LogP contribution is 2.34. The maximum Gasteiger partial charge on any atom is 0.274 e. The highest BCUT2D eigenvalue weighted by Gasteiger charge is 2.19. The summed E-state index contributed by atoms with van der Waals surface area (Å²) in [6, 6.07) is 21.1. The zero-order valence-electron chi connectivity index (χ0n) is 20.7. The molecule has 0 bridgehead atoms. The summed E-state index contributed by atoms with van der Waals surface area (Å²) in [5, 5.41) is 9.04. The minimum Gasteiger partial charge on any atom is -0.484 e. The van der Waals surface area contributed by atoms with Crippen LogP contribution in [0.3, 0.4) is 0 Å². The first-order chi connectivity index (χ1) is 17.5. The van der Waals surface area contributed by atoms with Gasteiger partial charge in [-0.3, -0.25) is 9.59 Å². The lowest BCUT2D eigenvalue weighted by atomic mass is 10.0. The van der Waals surface area contributed by atoms with Crippen molar-refractivity contribution in [1.29, 1.82) is 0 Å². The summed E-state index contributed by atoms with van der Waals surface area (Å²) in [4.78, 5) is 27.9. The minimum atomic E-state index is -0.232. The van der Waals surface area contributed by atoms with Crippen LogP contribution >= 0.6 is 0 Å². The molecule has 0 radical (unpaired) electrons. The molecule has 0 aliphatic carbocycles. The van der Waals surface area contributed by atoms with Crippen LogP contribution in [0.2, 0.25) is 0 Å². The fraction of sp³-hybridized carbons (Fsp3) is 0.276. The predicted octanol–water partition coefficient (Wildman–Crippen LogP) is 4.92. The SMILES string of the molecule is Cc1ccc(OCC(=O)Nc2cc(-c3nn(C)c(=O)c4ccccc34)ccc2N2CCCCC2)cc1. The molecular weight excluding hydrogens is 452 g/mol. The van der Waals surface area contributed by atoms with Gasteiger partial charge in [0.05, 0.1) is 22.5 Å². The summed E-state index contributed by atoms with van der Waals surface area (Å²) in [5.74, 6) is 0.422. The first-order valence-corrected chi connectivity index (χ1v) is 12.3. The summed E-state index contributed by atoms with van der Waals surface area (Å²) in [6.45, 7) is 3.81. The topological polar surface area (TPSA) is 76.5 Å². The van der Waals surface area contributed by atoms with E-state index in [9.17, 15) is 9.59 Å². The van der Waals surface area contributed by atoms with Gasteiger partial charge in [-0.2, -0.15) is 5.10 Å². The number of nitrogens with zero attached hydrogens (tertiary/aromatic N) is 3. The quantitative estimate of drug-likeness (QED) is 0.422. The van der Waals surface area contributed by atoms with Gasteiger partial charge < -0.3 is 15.0 Å². The Bertz CT molecular complexity index is 1450. The van der Waals surface area contributed by atoms with Crippen LogP contribution in [-0.4, -0.2) is 35.4 Å². The highest BCUT2D eigenvalue weighted by atomic mass is 16.5. The van der Waals surface area contributed by atoms with Crippen LogP contribution < -0.4 is 20.5 Å². The molecule has 1 saturated heterocycles. The van der Waals surface area contributed by atoms with E-state index in [4.69, 9.17) is 4.74 Å². The normalized spacial score (nSPS) is 13.6. The van der Waals surface area contributed by atoms with Crippen molar-refractivity contribution < 1.29 is 9.53 Å². The number of aromatic nitrogens is 2. The molecule has 5 rings (SSSR count). The van der Waals surface area contributed by atoms with E-state index >= 15 is 0 Å². The number of nitrogens with one attached hydrogen (secondary N) is 1. The van der Waals surface area contributed by atoms with Crippen molar-refractivity contribution in [3.8, 4) is 17.0 Å². The van der Waals surface area contributed by atoms with E-state index in [0.29, 0.717) is 22.5 Å². The van der Waals surface area contributed by atoms with Crippen LogP contribution in [-0.2, 0) is 11.8 Å². The second kappa shape index (κ2) is 10.2. The number of rotatable bonds is 6. The van der Waals surface area contributed by atoms with Crippen LogP contribution in [0.25, 0.3) is 22.0 Å². The molecular formula is C29H30N4O3. The summed E-state index contributed by atoms with van der Waals surface area (Å²) >= 11 is 0. The lowest BCUT2D eigenvalue weighted by Crippen LogP contribution is -2.31. The Morgan fingerprint density at radius 2 is 1.69 bits per heavy atom. The number of hydrogen-bond acceptors (Lipinski definition) is 5. The van der Waals surface area contributed by atoms with Crippen LogP contribution in [0.5, 0.6) is 5.75 Å². The Kier molecular flexibility index (Phi) is 6.71. The molecule has 0 spiro atoms. The monoisotopic (exact) mass is 482 g/mol. The number of carbonyl (C=O) groups excluding carboxylic acids is 1. The molecule has 1 amide bonds. The van der Waals surface area contributed by atoms with Crippen molar-refractivity contribution in [3.05, 3.63) is 82.6 Å². The molecule has 7 heteroatoms. The number of carbonyl (C=O) groups is 1. The average Bonchev–Trinajstić information content (AvgIpc) is 2.91. The maximum absolute atomic E-state index is 12.9. The Morgan fingerprint density at radius 1 is 0.972 bits per heavy atom. The third-order valence-corrected chi connectivity index (χ3v) is 6.59. The Balaban J connectivity index is 1.49. The van der Waals surface area contributed by atoms with E-state index in [1.54, 1.807) is 7.05 Å². The van der Waals surface area contributed by atoms with E-state index in [1.165, 1.54) is 11.1 Å². The Hall–Kier alpha value is -4.13. The van der Waals surface area contributed by atoms with E-state index < -0.39 is 0 Å². The largest absolute Gasteiger partial charge is 0.484 e. The van der Waals surface area contributed by atoms with Crippen molar-refractivity contribution >= 4 is 28.1 Å². The second-order valence-corrected chi connectivity index (χ2v) is 9.25. The lowest BCUT2D eigenvalue weighted by molar-refractivity contribution is -0.118. The van der Waals surface area contributed by atoms with Gasteiger partial charge in [-0.15, -0.1) is 0 Å². The van der Waals surface area contributed by atoms with Gasteiger partial charge in [-0.25, -0.2) is 4.68 Å². The lowest BCUT2D eigenvalue weighted by Gasteiger charge is -2.31. The summed E-state index contributed by atoms with van der Waals surface area (Å²) < 4.78 is 7.07. The number of aryl methyl sites for hydroxylation is 2. The summed E-state index contributed by atoms with van der Waals surface area (Å²) in [6.07, 6.45) is 3.46. The molecule has 1 aromatic heterocycles. The second-order valence-electron chi connectivity index (χ2n) is 9.25. The zero-order valence-corrected chi connectivity index (χ0v) is 20.7. The first kappa shape index (κ1) is 23.6. The van der Waals surface area contributed by atoms with Gasteiger partial charge in [0, 0.05) is 31.1 Å². The standard InChI is InChI=1S/C29H30N4O3/c1-20-10-13-22(14-11-20)36-19-27(34)30-25-18-21(12-15-26(25)33-16-6-3-7-17-33)28-23-8-4-5-9-24(23)29(35)32(2)31-28/h4-5,8-15,18H,3,6-7,16-17,19H2,1-2H3,(H,30,34). The molecule has 4 aromatic rings. The number of fused-ring (bicyclic) bond motifs is 1. The minimum absolute atomic E-state index is 0.0895. The van der Waals surface area contributed by atoms with Gasteiger partial charge in [-0.1, -0.05) is 42.0 Å². The van der Waals surface area contributed by atoms with Crippen molar-refractivity contribution in [1.82, 2.24) is 9.78 Å². The van der Waals surface area contributed by atoms with Crippen LogP contribution in [0.4, 0.5) is 11.4 Å². The van der Waals surface area contributed by atoms with Gasteiger partial charge in [0.25, 0.3) is 11.5 Å². The number of benzene rings is 3. The molecule has 3 aromatic carbocycles. The van der Waals surface area contributed by atoms with E-state index in [-0.39, 0.29) is 18.1 Å². The van der Waals surface area contributed by atoms with Gasteiger partial charge in [0.1, 0.15) is 5.75 Å². The summed E-state index contributed by atoms with van der Waals surface area (Å²) in [5.41, 5.74) is 4.22. The number of amides is 1. The zero-order chi connectivity index (χ0) is 25.1. The van der Waals surface area contributed by atoms with Gasteiger partial charge in [0.2, 0.25) is 0 Å². The first-order valence-electron chi connectivity index (χ1n) is 12.3. The van der Waals surface area contributed by atoms with E-state index in [0.717, 1.165) is 48.1 Å². The van der Waals surface area contributed by atoms with Crippen LogP contribution in [0.15, 0.2) is 71.5 Å². The van der Waals surface area contributed by atoms with Gasteiger partial charge in [0.15, 0.2) is 6.61 Å². The third-order valence-electron chi connectivity index (χ3n) is 6.59. The number of piperidine rings is 1. The number of anilines is 2. The third kappa shape index (κ3) is 4.96. The predicted molar refractivity (Wildman–Crippen MR) is 144 cm³/mol.